The molecule has 2 nitrogen and oxygen atoms in total. The maximum absolute atomic E-state index is 6.37. The molecule has 0 aromatic rings. The van der Waals surface area contributed by atoms with E-state index < -0.39 is 0 Å². The Kier molecular flexibility index (Phi) is 3.91. The van der Waals surface area contributed by atoms with Crippen molar-refractivity contribution >= 4 is 0 Å². The van der Waals surface area contributed by atoms with Gasteiger partial charge in [-0.05, 0) is 25.7 Å². The van der Waals surface area contributed by atoms with Crippen LogP contribution in [0.4, 0.5) is 0 Å². The lowest BCUT2D eigenvalue weighted by atomic mass is 9.83. The lowest BCUT2D eigenvalue weighted by Crippen LogP contribution is -2.42. The Hall–Kier alpha value is -0.0800. The normalized spacial score (nSPS) is 28.9. The molecule has 1 heterocycles. The lowest BCUT2D eigenvalue weighted by Gasteiger charge is -2.37. The molecule has 0 unspecified atom stereocenters. The molecular formula is C14H27NO. The number of hydrogen-bond donors (Lipinski definition) is 1. The molecule has 16 heavy (non-hydrogen) atoms. The average molecular weight is 225 g/mol. The Balaban J connectivity index is 2.01. The summed E-state index contributed by atoms with van der Waals surface area (Å²) in [6, 6.07) is 0. The third-order valence-corrected chi connectivity index (χ3v) is 4.90. The van der Waals surface area contributed by atoms with Gasteiger partial charge in [-0.2, -0.15) is 0 Å². The van der Waals surface area contributed by atoms with E-state index in [0.29, 0.717) is 5.41 Å². The highest BCUT2D eigenvalue weighted by molar-refractivity contribution is 4.92. The smallest absolute Gasteiger partial charge is 0.0806 e. The van der Waals surface area contributed by atoms with E-state index in [0.717, 1.165) is 19.7 Å². The van der Waals surface area contributed by atoms with Gasteiger partial charge in [0.15, 0.2) is 0 Å². The van der Waals surface area contributed by atoms with Crippen LogP contribution in [0, 0.1) is 5.41 Å². The highest BCUT2D eigenvalue weighted by Crippen LogP contribution is 2.37. The minimum absolute atomic E-state index is 0.185. The fraction of sp³-hybridized carbons (Fsp3) is 1.00. The summed E-state index contributed by atoms with van der Waals surface area (Å²) in [5.74, 6) is 0. The Morgan fingerprint density at radius 2 is 1.69 bits per heavy atom. The molecule has 0 bridgehead atoms. The molecule has 94 valence electrons. The monoisotopic (exact) mass is 225 g/mol. The van der Waals surface area contributed by atoms with Crippen molar-refractivity contribution in [1.82, 2.24) is 5.32 Å². The number of rotatable bonds is 2. The molecule has 1 saturated carbocycles. The minimum Gasteiger partial charge on any atom is -0.373 e. The van der Waals surface area contributed by atoms with Crippen LogP contribution in [0.2, 0.25) is 0 Å². The highest BCUT2D eigenvalue weighted by atomic mass is 16.5. The van der Waals surface area contributed by atoms with E-state index in [1.54, 1.807) is 0 Å². The standard InChI is InChI=1S/C14H27NO/c1-3-13(4-2)10-15-11-14(16-12-13)8-6-5-7-9-14/h15H,3-12H2,1-2H3. The molecule has 2 aliphatic rings. The molecule has 2 rings (SSSR count). The zero-order valence-electron chi connectivity index (χ0n) is 11.0. The maximum atomic E-state index is 6.37. The van der Waals surface area contributed by atoms with E-state index in [9.17, 15) is 0 Å². The number of hydrogen-bond acceptors (Lipinski definition) is 2. The summed E-state index contributed by atoms with van der Waals surface area (Å²) < 4.78 is 6.37. The average Bonchev–Trinajstić information content (AvgIpc) is 2.52. The van der Waals surface area contributed by atoms with Crippen molar-refractivity contribution in [3.05, 3.63) is 0 Å². The summed E-state index contributed by atoms with van der Waals surface area (Å²) in [5, 5.41) is 3.68. The second kappa shape index (κ2) is 5.05. The van der Waals surface area contributed by atoms with Crippen LogP contribution in [0.25, 0.3) is 0 Å². The fourth-order valence-electron chi connectivity index (χ4n) is 3.19. The summed E-state index contributed by atoms with van der Waals surface area (Å²) in [6.45, 7) is 7.78. The van der Waals surface area contributed by atoms with Gasteiger partial charge in [-0.3, -0.25) is 0 Å². The fourth-order valence-corrected chi connectivity index (χ4v) is 3.19. The summed E-state index contributed by atoms with van der Waals surface area (Å²) in [7, 11) is 0. The van der Waals surface area contributed by atoms with Crippen molar-refractivity contribution in [2.24, 2.45) is 5.41 Å². The predicted octanol–water partition coefficient (Wildman–Crippen LogP) is 3.12. The van der Waals surface area contributed by atoms with E-state index in [1.165, 1.54) is 44.9 Å². The third-order valence-electron chi connectivity index (χ3n) is 4.90. The van der Waals surface area contributed by atoms with Gasteiger partial charge in [-0.15, -0.1) is 0 Å². The van der Waals surface area contributed by atoms with Crippen LogP contribution in [0.15, 0.2) is 0 Å². The zero-order valence-corrected chi connectivity index (χ0v) is 11.0. The minimum atomic E-state index is 0.185. The zero-order chi connectivity index (χ0) is 11.5. The van der Waals surface area contributed by atoms with Crippen molar-refractivity contribution in [1.29, 1.82) is 0 Å². The molecule has 0 aromatic heterocycles. The van der Waals surface area contributed by atoms with E-state index in [2.05, 4.69) is 19.2 Å². The van der Waals surface area contributed by atoms with Crippen LogP contribution in [-0.4, -0.2) is 25.3 Å². The largest absolute Gasteiger partial charge is 0.373 e. The molecule has 0 radical (unpaired) electrons. The first kappa shape index (κ1) is 12.4. The first-order valence-electron chi connectivity index (χ1n) is 7.09. The molecule has 0 atom stereocenters. The van der Waals surface area contributed by atoms with Crippen LogP contribution in [0.5, 0.6) is 0 Å². The van der Waals surface area contributed by atoms with Crippen LogP contribution in [0.1, 0.15) is 58.8 Å². The lowest BCUT2D eigenvalue weighted by molar-refractivity contribution is -0.0847. The SMILES string of the molecule is CCC1(CC)CNCC2(CCCCC2)OC1. The molecule has 2 fully saturated rings. The first-order valence-corrected chi connectivity index (χ1v) is 7.09. The third kappa shape index (κ3) is 2.43. The molecule has 0 amide bonds. The van der Waals surface area contributed by atoms with Gasteiger partial charge in [0.25, 0.3) is 0 Å². The predicted molar refractivity (Wildman–Crippen MR) is 67.7 cm³/mol. The van der Waals surface area contributed by atoms with Crippen molar-refractivity contribution < 1.29 is 4.74 Å². The molecular weight excluding hydrogens is 198 g/mol. The molecule has 1 aliphatic carbocycles. The molecule has 1 aliphatic heterocycles. The van der Waals surface area contributed by atoms with E-state index >= 15 is 0 Å². The van der Waals surface area contributed by atoms with Crippen molar-refractivity contribution in [3.8, 4) is 0 Å². The quantitative estimate of drug-likeness (QED) is 0.779. The first-order chi connectivity index (χ1) is 7.74. The second-order valence-electron chi connectivity index (χ2n) is 5.84. The molecule has 0 aromatic carbocycles. The van der Waals surface area contributed by atoms with Crippen LogP contribution < -0.4 is 5.32 Å². The van der Waals surface area contributed by atoms with Gasteiger partial charge in [0, 0.05) is 18.5 Å². The van der Waals surface area contributed by atoms with E-state index in [4.69, 9.17) is 4.74 Å². The molecule has 2 heteroatoms. The summed E-state index contributed by atoms with van der Waals surface area (Å²) in [6.07, 6.45) is 9.10. The maximum Gasteiger partial charge on any atom is 0.0806 e. The van der Waals surface area contributed by atoms with Crippen LogP contribution in [-0.2, 0) is 4.74 Å². The van der Waals surface area contributed by atoms with Crippen molar-refractivity contribution in [3.63, 3.8) is 0 Å². The van der Waals surface area contributed by atoms with Gasteiger partial charge in [-0.25, -0.2) is 0 Å². The van der Waals surface area contributed by atoms with Crippen LogP contribution >= 0.6 is 0 Å². The Labute approximate surface area is 100 Å². The van der Waals surface area contributed by atoms with Gasteiger partial charge in [0.2, 0.25) is 0 Å². The van der Waals surface area contributed by atoms with Gasteiger partial charge >= 0.3 is 0 Å². The Morgan fingerprint density at radius 3 is 2.31 bits per heavy atom. The Morgan fingerprint density at radius 1 is 1.00 bits per heavy atom. The molecule has 1 N–H and O–H groups in total. The summed E-state index contributed by atoms with van der Waals surface area (Å²) in [5.41, 5.74) is 0.575. The van der Waals surface area contributed by atoms with Gasteiger partial charge < -0.3 is 10.1 Å². The van der Waals surface area contributed by atoms with Crippen molar-refractivity contribution in [2.45, 2.75) is 64.4 Å². The van der Waals surface area contributed by atoms with Gasteiger partial charge in [0.1, 0.15) is 0 Å². The summed E-state index contributed by atoms with van der Waals surface area (Å²) in [4.78, 5) is 0. The second-order valence-corrected chi connectivity index (χ2v) is 5.84. The van der Waals surface area contributed by atoms with E-state index in [1.807, 2.05) is 0 Å². The number of nitrogens with one attached hydrogen (secondary N) is 1. The van der Waals surface area contributed by atoms with Crippen molar-refractivity contribution in [2.75, 3.05) is 19.7 Å². The Bertz CT molecular complexity index is 217. The molecule has 1 saturated heterocycles. The molecule has 1 spiro atoms. The van der Waals surface area contributed by atoms with Crippen LogP contribution in [0.3, 0.4) is 0 Å². The van der Waals surface area contributed by atoms with Gasteiger partial charge in [-0.1, -0.05) is 33.1 Å². The van der Waals surface area contributed by atoms with Gasteiger partial charge in [0.05, 0.1) is 12.2 Å². The highest BCUT2D eigenvalue weighted by Gasteiger charge is 2.39. The summed E-state index contributed by atoms with van der Waals surface area (Å²) >= 11 is 0. The number of ether oxygens (including phenoxy) is 1. The topological polar surface area (TPSA) is 21.3 Å². The van der Waals surface area contributed by atoms with E-state index in [-0.39, 0.29) is 5.60 Å².